The van der Waals surface area contributed by atoms with E-state index in [1.165, 1.54) is 18.1 Å². The van der Waals surface area contributed by atoms with E-state index in [2.05, 4.69) is 46.9 Å². The number of hydrogen-bond acceptors (Lipinski definition) is 5. The van der Waals surface area contributed by atoms with Crippen LogP contribution in [0.4, 0.5) is 0 Å². The molecule has 1 aromatic rings. The van der Waals surface area contributed by atoms with Gasteiger partial charge in [0.15, 0.2) is 23.2 Å². The Morgan fingerprint density at radius 3 is 2.89 bits per heavy atom. The zero-order valence-electron chi connectivity index (χ0n) is 16.0. The van der Waals surface area contributed by atoms with Gasteiger partial charge in [-0.1, -0.05) is 28.1 Å². The van der Waals surface area contributed by atoms with Crippen LogP contribution < -0.4 is 9.47 Å². The van der Waals surface area contributed by atoms with Gasteiger partial charge in [0, 0.05) is 18.5 Å². The summed E-state index contributed by atoms with van der Waals surface area (Å²) in [7, 11) is 3.86. The number of ether oxygens (including phenoxy) is 3. The maximum Gasteiger partial charge on any atom is 0.303 e. The molecule has 144 valence electrons. The fourth-order valence-corrected chi connectivity index (χ4v) is 7.56. The van der Waals surface area contributed by atoms with Gasteiger partial charge >= 0.3 is 5.97 Å². The highest BCUT2D eigenvalue weighted by Gasteiger charge is 2.76. The van der Waals surface area contributed by atoms with Crippen molar-refractivity contribution in [3.05, 3.63) is 35.4 Å². The van der Waals surface area contributed by atoms with Gasteiger partial charge in [-0.3, -0.25) is 4.79 Å². The van der Waals surface area contributed by atoms with Crippen LogP contribution in [0, 0.1) is 0 Å². The van der Waals surface area contributed by atoms with Crippen LogP contribution in [0.15, 0.2) is 24.3 Å². The van der Waals surface area contributed by atoms with Crippen molar-refractivity contribution in [2.45, 2.75) is 54.2 Å². The van der Waals surface area contributed by atoms with E-state index >= 15 is 0 Å². The molecule has 2 bridgehead atoms. The Bertz CT molecular complexity index is 885. The molecule has 5 nitrogen and oxygen atoms in total. The van der Waals surface area contributed by atoms with Crippen LogP contribution in [0.3, 0.4) is 0 Å². The Labute approximate surface area is 167 Å². The molecule has 0 unspecified atom stereocenters. The molecule has 5 rings (SSSR count). The van der Waals surface area contributed by atoms with Crippen molar-refractivity contribution in [2.24, 2.45) is 0 Å². The normalized spacial score (nSPS) is 40.9. The van der Waals surface area contributed by atoms with Crippen molar-refractivity contribution in [3.63, 3.8) is 0 Å². The lowest BCUT2D eigenvalue weighted by Gasteiger charge is -2.64. The van der Waals surface area contributed by atoms with Crippen molar-refractivity contribution in [1.29, 1.82) is 0 Å². The van der Waals surface area contributed by atoms with E-state index in [1.54, 1.807) is 7.11 Å². The van der Waals surface area contributed by atoms with Crippen LogP contribution in [-0.2, 0) is 21.4 Å². The van der Waals surface area contributed by atoms with Gasteiger partial charge in [0.05, 0.1) is 16.8 Å². The number of methoxy groups -OCH3 is 1. The molecule has 0 aromatic heterocycles. The Morgan fingerprint density at radius 2 is 2.19 bits per heavy atom. The first-order valence-electron chi connectivity index (χ1n) is 9.43. The van der Waals surface area contributed by atoms with E-state index in [9.17, 15) is 4.79 Å². The number of halogens is 1. The fraction of sp³-hybridized carbons (Fsp3) is 0.571. The van der Waals surface area contributed by atoms with Crippen LogP contribution in [0.25, 0.3) is 0 Å². The van der Waals surface area contributed by atoms with Gasteiger partial charge in [-0.05, 0) is 51.1 Å². The van der Waals surface area contributed by atoms with Crippen molar-refractivity contribution >= 4 is 21.9 Å². The lowest BCUT2D eigenvalue weighted by atomic mass is 9.49. The predicted octanol–water partition coefficient (Wildman–Crippen LogP) is 2.98. The standard InChI is InChI=1S/C21H24BrNO4/c1-12(24)26-16-7-8-21(22)15-11-13-5-6-14(25-4)18-17(13)20(21,9-10-23(15)3)19(16,2)27-18/h5-8,15-16H,9-11H2,1-4H3/t15-,16-,19+,20+,21+/m0/s1. The maximum absolute atomic E-state index is 11.8. The van der Waals surface area contributed by atoms with Crippen LogP contribution in [0.1, 0.15) is 31.4 Å². The van der Waals surface area contributed by atoms with E-state index < -0.39 is 11.7 Å². The Balaban J connectivity index is 1.84. The van der Waals surface area contributed by atoms with Gasteiger partial charge < -0.3 is 19.1 Å². The van der Waals surface area contributed by atoms with Crippen LogP contribution in [0.5, 0.6) is 11.5 Å². The van der Waals surface area contributed by atoms with Crippen molar-refractivity contribution < 1.29 is 19.0 Å². The molecule has 2 aliphatic heterocycles. The summed E-state index contributed by atoms with van der Waals surface area (Å²) in [6, 6.07) is 4.47. The van der Waals surface area contributed by atoms with Gasteiger partial charge in [0.25, 0.3) is 0 Å². The minimum atomic E-state index is -0.706. The number of piperidine rings is 1. The second-order valence-electron chi connectivity index (χ2n) is 8.35. The van der Waals surface area contributed by atoms with E-state index in [-0.39, 0.29) is 15.7 Å². The largest absolute Gasteiger partial charge is 0.493 e. The molecule has 5 atom stereocenters. The number of alkyl halides is 1. The summed E-state index contributed by atoms with van der Waals surface area (Å²) in [6.07, 6.45) is 5.62. The number of likely N-dealkylation sites (tertiary alicyclic amines) is 1. The average molecular weight is 434 g/mol. The van der Waals surface area contributed by atoms with Gasteiger partial charge in [-0.15, -0.1) is 0 Å². The molecule has 1 fully saturated rings. The van der Waals surface area contributed by atoms with Gasteiger partial charge in [-0.25, -0.2) is 0 Å². The zero-order chi connectivity index (χ0) is 19.2. The monoisotopic (exact) mass is 433 g/mol. The predicted molar refractivity (Wildman–Crippen MR) is 105 cm³/mol. The summed E-state index contributed by atoms with van der Waals surface area (Å²) in [5, 5.41) is 0. The first kappa shape index (κ1) is 17.6. The minimum absolute atomic E-state index is 0.289. The molecule has 2 heterocycles. The summed E-state index contributed by atoms with van der Waals surface area (Å²) in [5.74, 6) is 1.26. The molecule has 6 heteroatoms. The highest BCUT2D eigenvalue weighted by atomic mass is 79.9. The second-order valence-corrected chi connectivity index (χ2v) is 9.67. The number of carbonyl (C=O) groups is 1. The highest BCUT2D eigenvalue weighted by molar-refractivity contribution is 9.10. The molecule has 0 radical (unpaired) electrons. The third-order valence-corrected chi connectivity index (χ3v) is 8.76. The summed E-state index contributed by atoms with van der Waals surface area (Å²) < 4.78 is 17.8. The van der Waals surface area contributed by atoms with E-state index in [4.69, 9.17) is 14.2 Å². The molecule has 1 aromatic carbocycles. The number of carbonyl (C=O) groups excluding carboxylic acids is 1. The van der Waals surface area contributed by atoms with Gasteiger partial charge in [0.2, 0.25) is 0 Å². The topological polar surface area (TPSA) is 48.0 Å². The number of hydrogen-bond donors (Lipinski definition) is 0. The first-order chi connectivity index (χ1) is 12.8. The smallest absolute Gasteiger partial charge is 0.303 e. The summed E-state index contributed by atoms with van der Waals surface area (Å²) in [6.45, 7) is 4.52. The SMILES string of the molecule is COc1ccc2c3c1O[C@]1(C)[C@@H](OC(C)=O)C=C[C@@]4(Br)[C@H](C2)N(C)CC[C@]341. The maximum atomic E-state index is 11.8. The molecule has 1 spiro atoms. The van der Waals surface area contributed by atoms with Crippen LogP contribution >= 0.6 is 15.9 Å². The Kier molecular flexibility index (Phi) is 3.44. The number of rotatable bonds is 2. The summed E-state index contributed by atoms with van der Waals surface area (Å²) in [4.78, 5) is 14.3. The molecular weight excluding hydrogens is 410 g/mol. The fourth-order valence-electron chi connectivity index (χ4n) is 6.10. The molecule has 0 amide bonds. The quantitative estimate of drug-likeness (QED) is 0.407. The molecule has 0 saturated carbocycles. The van der Waals surface area contributed by atoms with Crippen LogP contribution in [-0.4, -0.2) is 53.6 Å². The molecule has 0 N–H and O–H groups in total. The van der Waals surface area contributed by atoms with Gasteiger partial charge in [-0.2, -0.15) is 0 Å². The third-order valence-electron chi connectivity index (χ3n) is 7.29. The number of nitrogens with zero attached hydrogens (tertiary/aromatic N) is 1. The van der Waals surface area contributed by atoms with Crippen molar-refractivity contribution in [1.82, 2.24) is 4.90 Å². The van der Waals surface area contributed by atoms with Crippen molar-refractivity contribution in [3.8, 4) is 11.5 Å². The summed E-state index contributed by atoms with van der Waals surface area (Å²) >= 11 is 4.18. The van der Waals surface area contributed by atoms with E-state index in [0.717, 1.165) is 30.9 Å². The summed E-state index contributed by atoms with van der Waals surface area (Å²) in [5.41, 5.74) is 1.50. The van der Waals surface area contributed by atoms with Crippen molar-refractivity contribution in [2.75, 3.05) is 20.7 Å². The first-order valence-corrected chi connectivity index (χ1v) is 10.2. The van der Waals surface area contributed by atoms with E-state index in [1.807, 2.05) is 12.1 Å². The Hall–Kier alpha value is -1.53. The minimum Gasteiger partial charge on any atom is -0.493 e. The number of benzene rings is 1. The highest BCUT2D eigenvalue weighted by Crippen LogP contribution is 2.70. The average Bonchev–Trinajstić information content (AvgIpc) is 2.89. The van der Waals surface area contributed by atoms with Crippen LogP contribution in [0.2, 0.25) is 0 Å². The second kappa shape index (κ2) is 5.29. The lowest BCUT2D eigenvalue weighted by Crippen LogP contribution is -2.76. The molecular formula is C21H24BrNO4. The molecule has 2 aliphatic carbocycles. The molecule has 4 aliphatic rings. The zero-order valence-corrected chi connectivity index (χ0v) is 17.6. The molecule has 1 saturated heterocycles. The number of esters is 1. The third kappa shape index (κ3) is 1.82. The number of likely N-dealkylation sites (N-methyl/N-ethyl adjacent to an activating group) is 1. The van der Waals surface area contributed by atoms with E-state index in [0.29, 0.717) is 6.04 Å². The Morgan fingerprint density at radius 1 is 1.41 bits per heavy atom. The molecule has 27 heavy (non-hydrogen) atoms. The van der Waals surface area contributed by atoms with Gasteiger partial charge in [0.1, 0.15) is 0 Å². The lowest BCUT2D eigenvalue weighted by molar-refractivity contribution is -0.163.